The first-order valence-electron chi connectivity index (χ1n) is 7.82. The van der Waals surface area contributed by atoms with Gasteiger partial charge in [-0.1, -0.05) is 47.3 Å². The number of alkyl halides is 3. The monoisotopic (exact) mass is 393 g/mol. The molecule has 1 N–H and O–H groups in total. The maximum atomic E-state index is 12.7. The van der Waals surface area contributed by atoms with E-state index in [1.165, 1.54) is 6.07 Å². The Morgan fingerprint density at radius 2 is 1.93 bits per heavy atom. The first-order chi connectivity index (χ1) is 12.8. The molecule has 0 saturated carbocycles. The van der Waals surface area contributed by atoms with E-state index in [-0.39, 0.29) is 11.7 Å². The molecule has 2 heterocycles. The molecule has 3 aromatic rings. The maximum absolute atomic E-state index is 12.7. The van der Waals surface area contributed by atoms with Gasteiger partial charge >= 0.3 is 6.18 Å². The molecule has 1 aromatic carbocycles. The number of carbonyl (C=O) groups is 1. The van der Waals surface area contributed by atoms with Crippen LogP contribution < -0.4 is 5.32 Å². The van der Waals surface area contributed by atoms with Crippen LogP contribution in [-0.2, 0) is 11.0 Å². The van der Waals surface area contributed by atoms with E-state index < -0.39 is 17.0 Å². The summed E-state index contributed by atoms with van der Waals surface area (Å²) in [5.74, 6) is 0.416. The number of benzene rings is 1. The molecular weight excluding hydrogens is 379 g/mol. The molecule has 3 rings (SSSR count). The van der Waals surface area contributed by atoms with Gasteiger partial charge in [-0.2, -0.15) is 13.2 Å². The minimum atomic E-state index is -4.46. The van der Waals surface area contributed by atoms with E-state index in [1.54, 1.807) is 43.3 Å². The zero-order chi connectivity index (χ0) is 19.4. The smallest absolute Gasteiger partial charge is 0.360 e. The zero-order valence-electron chi connectivity index (χ0n) is 14.0. The molecule has 0 spiro atoms. The molecule has 2 aromatic heterocycles. The molecule has 5 nitrogen and oxygen atoms in total. The lowest BCUT2D eigenvalue weighted by Crippen LogP contribution is -2.19. The van der Waals surface area contributed by atoms with Crippen molar-refractivity contribution >= 4 is 23.5 Å². The van der Waals surface area contributed by atoms with Crippen LogP contribution in [0.2, 0.25) is 0 Å². The Morgan fingerprint density at radius 1 is 1.19 bits per heavy atom. The van der Waals surface area contributed by atoms with Gasteiger partial charge in [0.05, 0.1) is 10.6 Å². The highest BCUT2D eigenvalue weighted by molar-refractivity contribution is 8.00. The van der Waals surface area contributed by atoms with Gasteiger partial charge in [0.25, 0.3) is 0 Å². The molecule has 1 atom stereocenters. The van der Waals surface area contributed by atoms with Crippen LogP contribution in [0.4, 0.5) is 19.0 Å². The molecule has 140 valence electrons. The number of nitrogens with zero attached hydrogens (tertiary/aromatic N) is 2. The van der Waals surface area contributed by atoms with Crippen LogP contribution in [0, 0.1) is 6.92 Å². The number of aromatic nitrogens is 2. The average Bonchev–Trinajstić information content (AvgIpc) is 3.04. The molecule has 1 amide bonds. The van der Waals surface area contributed by atoms with E-state index in [0.717, 1.165) is 24.0 Å². The van der Waals surface area contributed by atoms with Gasteiger partial charge in [0.2, 0.25) is 5.91 Å². The summed E-state index contributed by atoms with van der Waals surface area (Å²) >= 11 is 1.05. The Kier molecular flexibility index (Phi) is 5.50. The summed E-state index contributed by atoms with van der Waals surface area (Å²) in [5.41, 5.74) is -0.160. The van der Waals surface area contributed by atoms with Crippen molar-refractivity contribution in [1.29, 1.82) is 0 Å². The van der Waals surface area contributed by atoms with Crippen LogP contribution in [0.25, 0.3) is 0 Å². The van der Waals surface area contributed by atoms with Gasteiger partial charge in [0, 0.05) is 12.3 Å². The van der Waals surface area contributed by atoms with E-state index >= 15 is 0 Å². The van der Waals surface area contributed by atoms with Crippen molar-refractivity contribution < 1.29 is 22.5 Å². The molecule has 0 radical (unpaired) electrons. The second kappa shape index (κ2) is 7.83. The third-order valence-corrected chi connectivity index (χ3v) is 4.73. The van der Waals surface area contributed by atoms with Crippen LogP contribution in [0.5, 0.6) is 0 Å². The summed E-state index contributed by atoms with van der Waals surface area (Å²) in [6.07, 6.45) is -3.71. The van der Waals surface area contributed by atoms with Gasteiger partial charge in [-0.3, -0.25) is 4.79 Å². The van der Waals surface area contributed by atoms with Crippen molar-refractivity contribution in [2.24, 2.45) is 0 Å². The summed E-state index contributed by atoms with van der Waals surface area (Å²) in [5, 5.41) is 5.93. The molecule has 0 aliphatic heterocycles. The van der Waals surface area contributed by atoms with Gasteiger partial charge in [-0.25, -0.2) is 4.98 Å². The SMILES string of the molecule is Cc1cc(NC(=O)C(Sc2ccc(C(F)(F)F)cn2)c2ccccc2)no1. The van der Waals surface area contributed by atoms with Gasteiger partial charge in [0.15, 0.2) is 5.82 Å². The molecule has 0 fully saturated rings. The van der Waals surface area contributed by atoms with E-state index in [2.05, 4.69) is 15.5 Å². The number of amides is 1. The number of carbonyl (C=O) groups excluding carboxylic acids is 1. The van der Waals surface area contributed by atoms with E-state index in [9.17, 15) is 18.0 Å². The Bertz CT molecular complexity index is 912. The number of nitrogens with one attached hydrogen (secondary N) is 1. The molecule has 9 heteroatoms. The topological polar surface area (TPSA) is 68.0 Å². The van der Waals surface area contributed by atoms with Crippen LogP contribution >= 0.6 is 11.8 Å². The van der Waals surface area contributed by atoms with Crippen molar-refractivity contribution in [1.82, 2.24) is 10.1 Å². The van der Waals surface area contributed by atoms with Crippen molar-refractivity contribution in [2.75, 3.05) is 5.32 Å². The lowest BCUT2D eigenvalue weighted by atomic mass is 10.1. The molecule has 27 heavy (non-hydrogen) atoms. The minimum Gasteiger partial charge on any atom is -0.360 e. The number of pyridine rings is 1. The number of thioether (sulfide) groups is 1. The highest BCUT2D eigenvalue weighted by Crippen LogP contribution is 2.36. The highest BCUT2D eigenvalue weighted by atomic mass is 32.2. The molecule has 0 aliphatic rings. The van der Waals surface area contributed by atoms with Gasteiger partial charge in [0.1, 0.15) is 11.0 Å². The fourth-order valence-corrected chi connectivity index (χ4v) is 3.22. The van der Waals surface area contributed by atoms with Crippen LogP contribution in [0.1, 0.15) is 22.1 Å². The number of halogens is 3. The third kappa shape index (κ3) is 4.88. The fraction of sp³-hybridized carbons (Fsp3) is 0.167. The quantitative estimate of drug-likeness (QED) is 0.627. The Labute approximate surface area is 157 Å². The summed E-state index contributed by atoms with van der Waals surface area (Å²) in [4.78, 5) is 16.6. The summed E-state index contributed by atoms with van der Waals surface area (Å²) in [6.45, 7) is 1.69. The Balaban J connectivity index is 1.83. The number of hydrogen-bond acceptors (Lipinski definition) is 5. The summed E-state index contributed by atoms with van der Waals surface area (Å²) in [6, 6.07) is 12.6. The lowest BCUT2D eigenvalue weighted by molar-refractivity contribution is -0.137. The fourth-order valence-electron chi connectivity index (χ4n) is 2.26. The van der Waals surface area contributed by atoms with Crippen molar-refractivity contribution in [3.8, 4) is 0 Å². The van der Waals surface area contributed by atoms with Gasteiger partial charge < -0.3 is 9.84 Å². The molecule has 0 bridgehead atoms. The van der Waals surface area contributed by atoms with Gasteiger partial charge in [-0.15, -0.1) is 0 Å². The predicted molar refractivity (Wildman–Crippen MR) is 94.1 cm³/mol. The Morgan fingerprint density at radius 3 is 2.48 bits per heavy atom. The van der Waals surface area contributed by atoms with E-state index in [1.807, 2.05) is 0 Å². The normalized spacial score (nSPS) is 12.6. The second-order valence-corrected chi connectivity index (χ2v) is 6.73. The van der Waals surface area contributed by atoms with Gasteiger partial charge in [-0.05, 0) is 24.6 Å². The maximum Gasteiger partial charge on any atom is 0.417 e. The van der Waals surface area contributed by atoms with E-state index in [4.69, 9.17) is 4.52 Å². The standard InChI is InChI=1S/C18H14F3N3O2S/c1-11-9-14(24-26-11)23-17(25)16(12-5-3-2-4-6-12)27-15-8-7-13(10-22-15)18(19,20)21/h2-10,16H,1H3,(H,23,24,25). The third-order valence-electron chi connectivity index (χ3n) is 3.52. The van der Waals surface area contributed by atoms with Crippen molar-refractivity contribution in [3.05, 3.63) is 71.6 Å². The zero-order valence-corrected chi connectivity index (χ0v) is 14.8. The van der Waals surface area contributed by atoms with Crippen molar-refractivity contribution in [2.45, 2.75) is 23.4 Å². The van der Waals surface area contributed by atoms with Crippen LogP contribution in [0.15, 0.2) is 64.3 Å². The van der Waals surface area contributed by atoms with Crippen LogP contribution in [-0.4, -0.2) is 16.0 Å². The lowest BCUT2D eigenvalue weighted by Gasteiger charge is -2.16. The second-order valence-electron chi connectivity index (χ2n) is 5.60. The average molecular weight is 393 g/mol. The number of anilines is 1. The number of rotatable bonds is 5. The van der Waals surface area contributed by atoms with E-state index in [0.29, 0.717) is 16.3 Å². The minimum absolute atomic E-state index is 0.263. The highest BCUT2D eigenvalue weighted by Gasteiger charge is 2.31. The summed E-state index contributed by atoms with van der Waals surface area (Å²) < 4.78 is 43.0. The Hall–Kier alpha value is -2.81. The molecular formula is C18H14F3N3O2S. The van der Waals surface area contributed by atoms with Crippen LogP contribution in [0.3, 0.4) is 0 Å². The molecule has 0 saturated heterocycles. The molecule has 1 unspecified atom stereocenters. The molecule has 0 aliphatic carbocycles. The largest absolute Gasteiger partial charge is 0.417 e. The van der Waals surface area contributed by atoms with Crippen molar-refractivity contribution in [3.63, 3.8) is 0 Å². The number of hydrogen-bond donors (Lipinski definition) is 1. The number of aryl methyl sites for hydroxylation is 1. The summed E-state index contributed by atoms with van der Waals surface area (Å²) in [7, 11) is 0. The predicted octanol–water partition coefficient (Wildman–Crippen LogP) is 4.87. The first-order valence-corrected chi connectivity index (χ1v) is 8.70. The first kappa shape index (κ1) is 19.0.